The summed E-state index contributed by atoms with van der Waals surface area (Å²) >= 11 is 1.48. The lowest BCUT2D eigenvalue weighted by molar-refractivity contribution is -0.147. The van der Waals surface area contributed by atoms with E-state index < -0.39 is 34.9 Å². The van der Waals surface area contributed by atoms with Gasteiger partial charge in [-0.25, -0.2) is 4.79 Å². The van der Waals surface area contributed by atoms with Crippen LogP contribution in [-0.2, 0) is 28.0 Å². The smallest absolute Gasteiger partial charge is 0.319 e. The number of amides is 4. The molecule has 0 radical (unpaired) electrons. The summed E-state index contributed by atoms with van der Waals surface area (Å²) in [6, 6.07) is 20.8. The van der Waals surface area contributed by atoms with Gasteiger partial charge in [-0.3, -0.25) is 9.59 Å². The minimum atomic E-state index is -1.59. The fraction of sp³-hybridized carbons (Fsp3) is 0.417. The van der Waals surface area contributed by atoms with Gasteiger partial charge in [0.05, 0.1) is 11.9 Å². The molecule has 1 saturated heterocycles. The molecule has 0 spiro atoms. The highest BCUT2D eigenvalue weighted by Crippen LogP contribution is 2.40. The average molecular weight is 631 g/mol. The first-order valence-corrected chi connectivity index (χ1v) is 16.3. The molecule has 4 rings (SSSR count). The van der Waals surface area contributed by atoms with Crippen LogP contribution in [0, 0.1) is 13.8 Å². The maximum atomic E-state index is 14.0. The molecule has 0 aliphatic carbocycles. The number of benzene rings is 3. The van der Waals surface area contributed by atoms with Crippen LogP contribution in [0.15, 0.2) is 72.8 Å². The summed E-state index contributed by atoms with van der Waals surface area (Å²) in [5.74, 6) is -0.640. The summed E-state index contributed by atoms with van der Waals surface area (Å²) in [6.07, 6.45) is -1.37. The highest BCUT2D eigenvalue weighted by Gasteiger charge is 2.49. The molecule has 3 atom stereocenters. The lowest BCUT2D eigenvalue weighted by Crippen LogP contribution is -2.59. The Hall–Kier alpha value is -3.82. The van der Waals surface area contributed by atoms with E-state index in [4.69, 9.17) is 0 Å². The number of hydrogen-bond donors (Lipinski definition) is 4. The van der Waals surface area contributed by atoms with E-state index in [9.17, 15) is 19.5 Å². The van der Waals surface area contributed by atoms with Crippen molar-refractivity contribution in [3.05, 3.63) is 101 Å². The molecule has 3 unspecified atom stereocenters. The number of aliphatic hydroxyl groups is 1. The van der Waals surface area contributed by atoms with E-state index >= 15 is 0 Å². The number of para-hydroxylation sites is 1. The number of rotatable bonds is 9. The van der Waals surface area contributed by atoms with Gasteiger partial charge in [-0.15, -0.1) is 11.8 Å². The molecule has 0 saturated carbocycles. The number of aliphatic hydroxyl groups excluding tert-OH is 1. The Morgan fingerprint density at radius 1 is 0.956 bits per heavy atom. The number of urea groups is 1. The highest BCUT2D eigenvalue weighted by atomic mass is 32.2. The zero-order valence-electron chi connectivity index (χ0n) is 27.3. The lowest BCUT2D eigenvalue weighted by atomic mass is 9.84. The third-order valence-electron chi connectivity index (χ3n) is 8.36. The van der Waals surface area contributed by atoms with Crippen LogP contribution >= 0.6 is 11.8 Å². The Morgan fingerprint density at radius 2 is 1.60 bits per heavy atom. The minimum absolute atomic E-state index is 0.218. The third kappa shape index (κ3) is 8.27. The Bertz CT molecular complexity index is 1520. The van der Waals surface area contributed by atoms with Crippen molar-refractivity contribution >= 4 is 35.3 Å². The van der Waals surface area contributed by atoms with Gasteiger partial charge in [-0.05, 0) is 67.3 Å². The van der Waals surface area contributed by atoms with Gasteiger partial charge in [0.15, 0.2) is 6.10 Å². The molecule has 9 heteroatoms. The summed E-state index contributed by atoms with van der Waals surface area (Å²) in [6.45, 7) is 14.3. The van der Waals surface area contributed by atoms with E-state index in [1.807, 2.05) is 100 Å². The van der Waals surface area contributed by atoms with Gasteiger partial charge < -0.3 is 26.0 Å². The predicted molar refractivity (Wildman–Crippen MR) is 182 cm³/mol. The van der Waals surface area contributed by atoms with Gasteiger partial charge in [0, 0.05) is 17.0 Å². The Morgan fingerprint density at radius 3 is 2.27 bits per heavy atom. The molecule has 1 aliphatic rings. The Labute approximate surface area is 271 Å². The molecule has 45 heavy (non-hydrogen) atoms. The second kappa shape index (κ2) is 14.1. The lowest BCUT2D eigenvalue weighted by Gasteiger charge is -2.33. The van der Waals surface area contributed by atoms with E-state index in [2.05, 4.69) is 36.7 Å². The molecule has 3 aromatic rings. The first kappa shape index (κ1) is 34.1. The molecule has 1 fully saturated rings. The number of anilines is 1. The fourth-order valence-electron chi connectivity index (χ4n) is 5.73. The second-order valence-electron chi connectivity index (χ2n) is 13.3. The van der Waals surface area contributed by atoms with Crippen LogP contribution in [0.4, 0.5) is 10.5 Å². The van der Waals surface area contributed by atoms with E-state index in [-0.39, 0.29) is 23.6 Å². The number of hydrogen-bond acceptors (Lipinski definition) is 5. The molecular formula is C36H46N4O4S. The van der Waals surface area contributed by atoms with Crippen molar-refractivity contribution in [2.45, 2.75) is 89.8 Å². The molecule has 1 heterocycles. The molecule has 0 bridgehead atoms. The summed E-state index contributed by atoms with van der Waals surface area (Å²) in [5, 5.41) is 20.5. The largest absolute Gasteiger partial charge is 0.381 e. The molecule has 0 aromatic heterocycles. The number of nitrogens with one attached hydrogen (secondary N) is 3. The van der Waals surface area contributed by atoms with Gasteiger partial charge in [-0.2, -0.15) is 0 Å². The molecule has 4 amide bonds. The van der Waals surface area contributed by atoms with Crippen LogP contribution in [0.1, 0.15) is 62.4 Å². The summed E-state index contributed by atoms with van der Waals surface area (Å²) in [5.41, 5.74) is 5.27. The average Bonchev–Trinajstić information content (AvgIpc) is 3.31. The number of aryl methyl sites for hydroxylation is 2. The van der Waals surface area contributed by atoms with E-state index in [0.717, 1.165) is 27.8 Å². The van der Waals surface area contributed by atoms with E-state index in [0.29, 0.717) is 12.2 Å². The first-order chi connectivity index (χ1) is 21.2. The maximum Gasteiger partial charge on any atom is 0.319 e. The van der Waals surface area contributed by atoms with Crippen LogP contribution < -0.4 is 16.0 Å². The number of thioether (sulfide) groups is 1. The number of carbonyl (C=O) groups is 3. The van der Waals surface area contributed by atoms with Crippen molar-refractivity contribution in [1.82, 2.24) is 15.5 Å². The Balaban J connectivity index is 1.56. The second-order valence-corrected chi connectivity index (χ2v) is 14.9. The molecule has 4 N–H and O–H groups in total. The van der Waals surface area contributed by atoms with Gasteiger partial charge in [0.1, 0.15) is 6.04 Å². The van der Waals surface area contributed by atoms with Gasteiger partial charge in [-0.1, -0.05) is 93.6 Å². The van der Waals surface area contributed by atoms with Crippen molar-refractivity contribution in [2.75, 3.05) is 11.2 Å². The third-order valence-corrected chi connectivity index (χ3v) is 9.73. The van der Waals surface area contributed by atoms with Crippen LogP contribution in [0.3, 0.4) is 0 Å². The van der Waals surface area contributed by atoms with Crippen LogP contribution in [0.25, 0.3) is 0 Å². The summed E-state index contributed by atoms with van der Waals surface area (Å²) in [7, 11) is 0. The molecule has 8 nitrogen and oxygen atoms in total. The number of nitrogens with zero attached hydrogens (tertiary/aromatic N) is 1. The zero-order valence-corrected chi connectivity index (χ0v) is 28.1. The van der Waals surface area contributed by atoms with Crippen LogP contribution in [0.2, 0.25) is 0 Å². The summed E-state index contributed by atoms with van der Waals surface area (Å²) < 4.78 is -0.584. The molecule has 3 aromatic carbocycles. The van der Waals surface area contributed by atoms with E-state index in [1.165, 1.54) is 16.7 Å². The quantitative estimate of drug-likeness (QED) is 0.243. The minimum Gasteiger partial charge on any atom is -0.381 e. The Kier molecular flexibility index (Phi) is 10.7. The van der Waals surface area contributed by atoms with Crippen molar-refractivity contribution in [3.8, 4) is 0 Å². The molecule has 240 valence electrons. The fourth-order valence-corrected chi connectivity index (χ4v) is 6.87. The molecular weight excluding hydrogens is 584 g/mol. The van der Waals surface area contributed by atoms with E-state index in [1.54, 1.807) is 0 Å². The summed E-state index contributed by atoms with van der Waals surface area (Å²) in [4.78, 5) is 42.5. The van der Waals surface area contributed by atoms with Gasteiger partial charge in [0.2, 0.25) is 5.91 Å². The monoisotopic (exact) mass is 630 g/mol. The van der Waals surface area contributed by atoms with Crippen molar-refractivity contribution < 1.29 is 19.5 Å². The first-order valence-electron chi connectivity index (χ1n) is 15.4. The highest BCUT2D eigenvalue weighted by molar-refractivity contribution is 8.00. The van der Waals surface area contributed by atoms with Crippen LogP contribution in [-0.4, -0.2) is 56.7 Å². The SMILES string of the molecule is Cc1ccccc1CNC(=O)C1N(C(=O)C(O)C(Cc2ccccc2)NC(=O)Nc2c(C)cccc2C(C)(C)C)CSC1(C)C. The van der Waals surface area contributed by atoms with Gasteiger partial charge >= 0.3 is 6.03 Å². The number of carbonyl (C=O) groups excluding carboxylic acids is 3. The normalized spacial score (nSPS) is 17.3. The standard InChI is InChI=1S/C36H46N4O4S/c1-23-14-11-12-18-26(23)21-37-32(42)31-36(6,7)45-22-40(31)33(43)30(41)28(20-25-16-9-8-10-17-25)38-34(44)39-29-24(2)15-13-19-27(29)35(3,4)5/h8-19,28,30-31,41H,20-22H2,1-7H3,(H,37,42)(H2,38,39,44). The maximum absolute atomic E-state index is 14.0. The van der Waals surface area contributed by atoms with Crippen molar-refractivity contribution in [2.24, 2.45) is 0 Å². The topological polar surface area (TPSA) is 111 Å². The van der Waals surface area contributed by atoms with Crippen molar-refractivity contribution in [3.63, 3.8) is 0 Å². The predicted octanol–water partition coefficient (Wildman–Crippen LogP) is 5.69. The van der Waals surface area contributed by atoms with Crippen molar-refractivity contribution in [1.29, 1.82) is 0 Å². The van der Waals surface area contributed by atoms with Crippen LogP contribution in [0.5, 0.6) is 0 Å². The van der Waals surface area contributed by atoms with Gasteiger partial charge in [0.25, 0.3) is 5.91 Å². The zero-order chi connectivity index (χ0) is 32.9. The molecule has 1 aliphatic heterocycles.